The van der Waals surface area contributed by atoms with Crippen LogP contribution in [-0.2, 0) is 11.3 Å². The Hall–Kier alpha value is -3.18. The summed E-state index contributed by atoms with van der Waals surface area (Å²) in [7, 11) is 0. The Kier molecular flexibility index (Phi) is 4.14. The van der Waals surface area contributed by atoms with Crippen LogP contribution in [0.15, 0.2) is 71.7 Å². The van der Waals surface area contributed by atoms with E-state index in [2.05, 4.69) is 10.3 Å². The molecule has 0 saturated heterocycles. The van der Waals surface area contributed by atoms with Crippen molar-refractivity contribution < 1.29 is 4.79 Å². The lowest BCUT2D eigenvalue weighted by Gasteiger charge is -2.15. The van der Waals surface area contributed by atoms with Crippen molar-refractivity contribution in [2.45, 2.75) is 6.54 Å². The fraction of sp³-hybridized carbons (Fsp3) is 0.0500. The van der Waals surface area contributed by atoms with Crippen LogP contribution in [0, 0.1) is 0 Å². The van der Waals surface area contributed by atoms with Crippen LogP contribution < -0.4 is 10.7 Å². The second-order valence-corrected chi connectivity index (χ2v) is 6.20. The molecule has 0 atom stereocenters. The van der Waals surface area contributed by atoms with Gasteiger partial charge in [0.05, 0.1) is 16.7 Å². The predicted octanol–water partition coefficient (Wildman–Crippen LogP) is 3.84. The molecule has 128 valence electrons. The Balaban J connectivity index is 1.82. The molecule has 1 N–H and O–H groups in total. The van der Waals surface area contributed by atoms with Crippen LogP contribution in [0.4, 0.5) is 5.69 Å². The van der Waals surface area contributed by atoms with Gasteiger partial charge in [-0.15, -0.1) is 0 Å². The van der Waals surface area contributed by atoms with Gasteiger partial charge in [0, 0.05) is 17.0 Å². The van der Waals surface area contributed by atoms with E-state index in [0.717, 1.165) is 0 Å². The van der Waals surface area contributed by atoms with Crippen molar-refractivity contribution in [2.75, 3.05) is 5.32 Å². The zero-order valence-corrected chi connectivity index (χ0v) is 14.4. The maximum Gasteiger partial charge on any atom is 0.244 e. The number of anilines is 1. The number of amides is 1. The van der Waals surface area contributed by atoms with Crippen molar-refractivity contribution in [1.82, 2.24) is 9.55 Å². The highest BCUT2D eigenvalue weighted by Gasteiger charge is 2.13. The molecule has 26 heavy (non-hydrogen) atoms. The molecule has 5 nitrogen and oxygen atoms in total. The number of aromatic nitrogens is 2. The van der Waals surface area contributed by atoms with E-state index in [1.165, 1.54) is 0 Å². The smallest absolute Gasteiger partial charge is 0.244 e. The number of nitrogens with zero attached hydrogens (tertiary/aromatic N) is 2. The summed E-state index contributed by atoms with van der Waals surface area (Å²) in [6.45, 7) is 0.0481. The number of nitrogens with one attached hydrogen (secondary N) is 1. The summed E-state index contributed by atoms with van der Waals surface area (Å²) in [5.41, 5.74) is 1.84. The number of benzene rings is 2. The first-order valence-electron chi connectivity index (χ1n) is 8.06. The molecule has 0 aliphatic carbocycles. The van der Waals surface area contributed by atoms with E-state index in [9.17, 15) is 9.59 Å². The second-order valence-electron chi connectivity index (χ2n) is 5.84. The van der Waals surface area contributed by atoms with Crippen LogP contribution in [0.25, 0.3) is 21.8 Å². The Morgan fingerprint density at radius 3 is 2.19 bits per heavy atom. The minimum atomic E-state index is -0.251. The average Bonchev–Trinajstić information content (AvgIpc) is 2.67. The number of para-hydroxylation sites is 2. The number of fused-ring (bicyclic) bond motifs is 2. The first-order chi connectivity index (χ1) is 12.6. The number of carbonyl (C=O) groups excluding carboxylic acids is 1. The molecule has 0 saturated carbocycles. The van der Waals surface area contributed by atoms with Gasteiger partial charge in [-0.1, -0.05) is 35.9 Å². The molecule has 0 aliphatic rings. The van der Waals surface area contributed by atoms with Crippen LogP contribution in [-0.4, -0.2) is 15.5 Å². The van der Waals surface area contributed by atoms with Crippen molar-refractivity contribution >= 4 is 45.0 Å². The van der Waals surface area contributed by atoms with Gasteiger partial charge >= 0.3 is 0 Å². The Bertz CT molecular complexity index is 1140. The third-order valence-electron chi connectivity index (χ3n) is 4.21. The highest BCUT2D eigenvalue weighted by atomic mass is 35.5. The van der Waals surface area contributed by atoms with Crippen molar-refractivity contribution in [3.8, 4) is 0 Å². The highest BCUT2D eigenvalue weighted by Crippen LogP contribution is 2.21. The first kappa shape index (κ1) is 16.3. The number of hydrogen-bond acceptors (Lipinski definition) is 3. The standard InChI is InChI=1S/C20H14ClN3O2/c21-20-15(8-5-11-22-20)23-18(25)12-24-16-9-3-1-6-13(16)19(26)14-7-2-4-10-17(14)24/h1-11H,12H2,(H,23,25). The van der Waals surface area contributed by atoms with Gasteiger partial charge in [-0.2, -0.15) is 0 Å². The fourth-order valence-electron chi connectivity index (χ4n) is 3.06. The van der Waals surface area contributed by atoms with E-state index < -0.39 is 0 Å². The monoisotopic (exact) mass is 363 g/mol. The SMILES string of the molecule is O=C(Cn1c2ccccc2c(=O)c2ccccc21)Nc1cccnc1Cl. The zero-order chi connectivity index (χ0) is 18.1. The van der Waals surface area contributed by atoms with Gasteiger partial charge in [-0.05, 0) is 36.4 Å². The number of carbonyl (C=O) groups is 1. The maximum absolute atomic E-state index is 12.7. The van der Waals surface area contributed by atoms with E-state index in [4.69, 9.17) is 11.6 Å². The molecule has 4 aromatic rings. The van der Waals surface area contributed by atoms with Gasteiger partial charge in [-0.25, -0.2) is 4.98 Å². The van der Waals surface area contributed by atoms with Crippen molar-refractivity contribution in [2.24, 2.45) is 0 Å². The van der Waals surface area contributed by atoms with Gasteiger partial charge in [0.2, 0.25) is 5.91 Å². The normalized spacial score (nSPS) is 11.0. The van der Waals surface area contributed by atoms with E-state index in [1.54, 1.807) is 30.5 Å². The van der Waals surface area contributed by atoms with Crippen molar-refractivity contribution in [3.63, 3.8) is 0 Å². The van der Waals surface area contributed by atoms with Crippen molar-refractivity contribution in [1.29, 1.82) is 0 Å². The maximum atomic E-state index is 12.7. The third kappa shape index (κ3) is 2.82. The Labute approximate surface area is 153 Å². The summed E-state index contributed by atoms with van der Waals surface area (Å²) in [6, 6.07) is 18.0. The summed E-state index contributed by atoms with van der Waals surface area (Å²) >= 11 is 6.01. The lowest BCUT2D eigenvalue weighted by molar-refractivity contribution is -0.116. The summed E-state index contributed by atoms with van der Waals surface area (Å²) in [4.78, 5) is 29.3. The van der Waals surface area contributed by atoms with Crippen LogP contribution in [0.2, 0.25) is 5.15 Å². The minimum Gasteiger partial charge on any atom is -0.331 e. The summed E-state index contributed by atoms with van der Waals surface area (Å²) < 4.78 is 1.84. The number of rotatable bonds is 3. The van der Waals surface area contributed by atoms with Crippen LogP contribution in [0.1, 0.15) is 0 Å². The molecule has 6 heteroatoms. The second kappa shape index (κ2) is 6.61. The summed E-state index contributed by atoms with van der Waals surface area (Å²) in [6.07, 6.45) is 1.56. The topological polar surface area (TPSA) is 64.0 Å². The third-order valence-corrected chi connectivity index (χ3v) is 4.52. The molecule has 0 bridgehead atoms. The average molecular weight is 364 g/mol. The molecular weight excluding hydrogens is 350 g/mol. The highest BCUT2D eigenvalue weighted by molar-refractivity contribution is 6.32. The predicted molar refractivity (Wildman–Crippen MR) is 104 cm³/mol. The van der Waals surface area contributed by atoms with E-state index in [-0.39, 0.29) is 23.0 Å². The van der Waals surface area contributed by atoms with Crippen LogP contribution >= 0.6 is 11.6 Å². The van der Waals surface area contributed by atoms with Crippen molar-refractivity contribution in [3.05, 3.63) is 82.2 Å². The van der Waals surface area contributed by atoms with E-state index in [0.29, 0.717) is 27.5 Å². The first-order valence-corrected chi connectivity index (χ1v) is 8.43. The fourth-order valence-corrected chi connectivity index (χ4v) is 3.23. The van der Waals surface area contributed by atoms with Gasteiger partial charge in [0.25, 0.3) is 0 Å². The molecule has 0 fully saturated rings. The minimum absolute atomic E-state index is 0.0387. The van der Waals surface area contributed by atoms with E-state index in [1.807, 2.05) is 41.0 Å². The number of hydrogen-bond donors (Lipinski definition) is 1. The lowest BCUT2D eigenvalue weighted by Crippen LogP contribution is -2.21. The summed E-state index contributed by atoms with van der Waals surface area (Å²) in [5, 5.41) is 4.17. The largest absolute Gasteiger partial charge is 0.331 e. The van der Waals surface area contributed by atoms with Crippen LogP contribution in [0.5, 0.6) is 0 Å². The molecule has 0 aliphatic heterocycles. The number of pyridine rings is 2. The Morgan fingerprint density at radius 2 is 1.58 bits per heavy atom. The number of halogens is 1. The molecule has 2 aromatic carbocycles. The van der Waals surface area contributed by atoms with Gasteiger partial charge in [0.15, 0.2) is 10.6 Å². The molecule has 1 amide bonds. The molecule has 2 aromatic heterocycles. The van der Waals surface area contributed by atoms with E-state index >= 15 is 0 Å². The molecule has 2 heterocycles. The molecule has 0 spiro atoms. The quantitative estimate of drug-likeness (QED) is 0.444. The van der Waals surface area contributed by atoms with Gasteiger partial charge in [-0.3, -0.25) is 9.59 Å². The molecule has 0 radical (unpaired) electrons. The van der Waals surface area contributed by atoms with Crippen LogP contribution in [0.3, 0.4) is 0 Å². The van der Waals surface area contributed by atoms with Gasteiger partial charge < -0.3 is 9.88 Å². The lowest BCUT2D eigenvalue weighted by atomic mass is 10.1. The molecular formula is C20H14ClN3O2. The summed E-state index contributed by atoms with van der Waals surface area (Å²) in [5.74, 6) is -0.251. The van der Waals surface area contributed by atoms with Gasteiger partial charge in [0.1, 0.15) is 6.54 Å². The molecule has 4 rings (SSSR count). The molecule has 0 unspecified atom stereocenters. The Morgan fingerprint density at radius 1 is 0.962 bits per heavy atom. The zero-order valence-electron chi connectivity index (χ0n) is 13.6.